The summed E-state index contributed by atoms with van der Waals surface area (Å²) >= 11 is 0. The second-order valence-corrected chi connectivity index (χ2v) is 15.5. The summed E-state index contributed by atoms with van der Waals surface area (Å²) in [6.45, 7) is 3.67. The lowest BCUT2D eigenvalue weighted by Gasteiger charge is -2.40. The van der Waals surface area contributed by atoms with Crippen molar-refractivity contribution in [2.75, 3.05) is 13.2 Å². The van der Waals surface area contributed by atoms with Crippen LogP contribution in [-0.2, 0) is 14.3 Å². The second kappa shape index (κ2) is 35.8. The molecule has 0 aromatic rings. The van der Waals surface area contributed by atoms with Gasteiger partial charge >= 0.3 is 0 Å². The Morgan fingerprint density at radius 2 is 1.09 bits per heavy atom. The van der Waals surface area contributed by atoms with Crippen LogP contribution in [0.5, 0.6) is 0 Å². The second-order valence-electron chi connectivity index (χ2n) is 15.5. The minimum atomic E-state index is -1.56. The van der Waals surface area contributed by atoms with E-state index in [4.69, 9.17) is 9.47 Å². The minimum absolute atomic E-state index is 0.184. The Balaban J connectivity index is 2.16. The highest BCUT2D eigenvalue weighted by atomic mass is 16.7. The van der Waals surface area contributed by atoms with Crippen molar-refractivity contribution in [3.05, 3.63) is 36.5 Å². The number of unbranched alkanes of at least 4 members (excludes halogenated alkanes) is 22. The average molecular weight is 766 g/mol. The van der Waals surface area contributed by atoms with Crippen molar-refractivity contribution in [3.63, 3.8) is 0 Å². The number of allylic oxidation sites excluding steroid dienone is 5. The summed E-state index contributed by atoms with van der Waals surface area (Å²) in [4.78, 5) is 12.9. The van der Waals surface area contributed by atoms with Crippen LogP contribution < -0.4 is 5.32 Å². The number of ether oxygens (including phenoxy) is 2. The van der Waals surface area contributed by atoms with Crippen molar-refractivity contribution in [1.82, 2.24) is 5.32 Å². The van der Waals surface area contributed by atoms with Crippen LogP contribution in [0.2, 0.25) is 0 Å². The van der Waals surface area contributed by atoms with Gasteiger partial charge in [-0.1, -0.05) is 166 Å². The van der Waals surface area contributed by atoms with E-state index < -0.39 is 49.5 Å². The Bertz CT molecular complexity index is 941. The topological polar surface area (TPSA) is 149 Å². The zero-order chi connectivity index (χ0) is 39.5. The lowest BCUT2D eigenvalue weighted by Crippen LogP contribution is -2.60. The first-order chi connectivity index (χ1) is 26.3. The molecular weight excluding hydrogens is 682 g/mol. The molecule has 7 unspecified atom stereocenters. The van der Waals surface area contributed by atoms with Crippen LogP contribution >= 0.6 is 0 Å². The summed E-state index contributed by atoms with van der Waals surface area (Å²) in [6, 6.07) is -0.800. The predicted octanol–water partition coefficient (Wildman–Crippen LogP) is 8.89. The summed E-state index contributed by atoms with van der Waals surface area (Å²) < 4.78 is 11.1. The van der Waals surface area contributed by atoms with Crippen LogP contribution in [-0.4, -0.2) is 87.5 Å². The summed E-state index contributed by atoms with van der Waals surface area (Å²) in [5.41, 5.74) is 0. The molecule has 1 heterocycles. The van der Waals surface area contributed by atoms with Crippen molar-refractivity contribution >= 4 is 5.91 Å². The third-order valence-electron chi connectivity index (χ3n) is 10.5. The number of carbonyl (C=O) groups is 1. The van der Waals surface area contributed by atoms with Crippen LogP contribution in [0.15, 0.2) is 36.5 Å². The average Bonchev–Trinajstić information content (AvgIpc) is 3.17. The Morgan fingerprint density at radius 1 is 0.630 bits per heavy atom. The molecule has 0 spiro atoms. The van der Waals surface area contributed by atoms with E-state index in [9.17, 15) is 30.3 Å². The van der Waals surface area contributed by atoms with E-state index in [-0.39, 0.29) is 12.5 Å². The van der Waals surface area contributed by atoms with Gasteiger partial charge in [-0.05, 0) is 51.4 Å². The van der Waals surface area contributed by atoms with Crippen LogP contribution in [0, 0.1) is 0 Å². The van der Waals surface area contributed by atoms with E-state index >= 15 is 0 Å². The highest BCUT2D eigenvalue weighted by Crippen LogP contribution is 2.22. The first-order valence-corrected chi connectivity index (χ1v) is 22.2. The Morgan fingerprint density at radius 3 is 1.61 bits per heavy atom. The number of rotatable bonds is 36. The Kier molecular flexibility index (Phi) is 33.4. The Labute approximate surface area is 330 Å². The van der Waals surface area contributed by atoms with Gasteiger partial charge in [0.05, 0.1) is 25.4 Å². The van der Waals surface area contributed by atoms with Gasteiger partial charge in [0.1, 0.15) is 24.4 Å². The van der Waals surface area contributed by atoms with Gasteiger partial charge in [-0.25, -0.2) is 0 Å². The van der Waals surface area contributed by atoms with Crippen LogP contribution in [0.3, 0.4) is 0 Å². The highest BCUT2D eigenvalue weighted by molar-refractivity contribution is 5.76. The third-order valence-corrected chi connectivity index (χ3v) is 10.5. The normalized spacial score (nSPS) is 21.8. The van der Waals surface area contributed by atoms with Gasteiger partial charge in [0.25, 0.3) is 0 Å². The van der Waals surface area contributed by atoms with E-state index in [1.54, 1.807) is 6.08 Å². The van der Waals surface area contributed by atoms with Gasteiger partial charge in [-0.15, -0.1) is 0 Å². The van der Waals surface area contributed by atoms with Gasteiger partial charge in [0.2, 0.25) is 5.91 Å². The smallest absolute Gasteiger partial charge is 0.220 e. The third kappa shape index (κ3) is 26.3. The monoisotopic (exact) mass is 766 g/mol. The summed E-state index contributed by atoms with van der Waals surface area (Å²) in [5, 5.41) is 53.7. The zero-order valence-electron chi connectivity index (χ0n) is 34.5. The number of aliphatic hydroxyl groups excluding tert-OH is 5. The van der Waals surface area contributed by atoms with Crippen molar-refractivity contribution in [2.45, 2.75) is 230 Å². The molecule has 1 saturated heterocycles. The Hall–Kier alpha value is -1.59. The maximum Gasteiger partial charge on any atom is 0.220 e. The molecule has 1 aliphatic heterocycles. The molecule has 1 rings (SSSR count). The van der Waals surface area contributed by atoms with E-state index in [1.165, 1.54) is 116 Å². The molecule has 0 bridgehead atoms. The molecule has 0 aromatic carbocycles. The maximum absolute atomic E-state index is 12.9. The highest BCUT2D eigenvalue weighted by Gasteiger charge is 2.44. The molecule has 0 radical (unpaired) electrons. The van der Waals surface area contributed by atoms with Crippen molar-refractivity contribution in [2.24, 2.45) is 0 Å². The molecule has 9 nitrogen and oxygen atoms in total. The lowest BCUT2D eigenvalue weighted by molar-refractivity contribution is -0.302. The number of carbonyl (C=O) groups excluding carboxylic acids is 1. The maximum atomic E-state index is 12.9. The van der Waals surface area contributed by atoms with E-state index in [2.05, 4.69) is 43.5 Å². The molecule has 1 aliphatic rings. The number of amides is 1. The molecule has 0 aromatic heterocycles. The molecule has 9 heteroatoms. The van der Waals surface area contributed by atoms with Gasteiger partial charge < -0.3 is 40.3 Å². The van der Waals surface area contributed by atoms with Gasteiger partial charge in [0, 0.05) is 6.42 Å². The molecule has 0 saturated carbocycles. The van der Waals surface area contributed by atoms with E-state index in [0.717, 1.165) is 51.4 Å². The van der Waals surface area contributed by atoms with Crippen molar-refractivity contribution in [1.29, 1.82) is 0 Å². The fourth-order valence-electron chi connectivity index (χ4n) is 6.83. The quantitative estimate of drug-likeness (QED) is 0.0274. The largest absolute Gasteiger partial charge is 0.394 e. The summed E-state index contributed by atoms with van der Waals surface area (Å²) in [7, 11) is 0. The number of hydrogen-bond acceptors (Lipinski definition) is 8. The van der Waals surface area contributed by atoms with E-state index in [0.29, 0.717) is 6.42 Å². The van der Waals surface area contributed by atoms with Crippen LogP contribution in [0.25, 0.3) is 0 Å². The fraction of sp³-hybridized carbons (Fsp3) is 0.844. The summed E-state index contributed by atoms with van der Waals surface area (Å²) in [5.74, 6) is -0.184. The molecule has 0 aliphatic carbocycles. The number of aliphatic hydroxyl groups is 5. The first-order valence-electron chi connectivity index (χ1n) is 22.2. The van der Waals surface area contributed by atoms with Crippen LogP contribution in [0.4, 0.5) is 0 Å². The SMILES string of the molecule is CCCCCC/C=C/C(O)C(COC1OC(CO)C(O)C(O)C1O)NC(=O)CCCCCCCCCCCCCCC/C=C\C/C=C\CCCCCCC. The van der Waals surface area contributed by atoms with Gasteiger partial charge in [0.15, 0.2) is 6.29 Å². The fourth-order valence-corrected chi connectivity index (χ4v) is 6.83. The number of hydrogen-bond donors (Lipinski definition) is 6. The molecule has 1 amide bonds. The van der Waals surface area contributed by atoms with Gasteiger partial charge in [-0.2, -0.15) is 0 Å². The first kappa shape index (κ1) is 50.4. The zero-order valence-corrected chi connectivity index (χ0v) is 34.5. The van der Waals surface area contributed by atoms with Crippen molar-refractivity contribution in [3.8, 4) is 0 Å². The molecular formula is C45H83NO8. The minimum Gasteiger partial charge on any atom is -0.394 e. The summed E-state index contributed by atoms with van der Waals surface area (Å²) in [6.07, 6.45) is 36.6. The molecule has 316 valence electrons. The number of nitrogens with one attached hydrogen (secondary N) is 1. The molecule has 6 N–H and O–H groups in total. The standard InChI is InChI=1S/C45H83NO8/c1-3-5-7-9-11-12-13-14-15-16-17-18-19-20-21-22-23-24-25-26-27-28-29-31-33-35-41(49)46-38(39(48)34-32-30-10-8-6-4-2)37-53-45-44(52)43(51)42(50)40(36-47)54-45/h13-14,16-17,32,34,38-40,42-45,47-48,50-52H,3-12,15,18-31,33,35-37H2,1-2H3,(H,46,49)/b14-13-,17-16-,34-32+. The lowest BCUT2D eigenvalue weighted by atomic mass is 9.99. The molecule has 1 fully saturated rings. The van der Waals surface area contributed by atoms with E-state index in [1.807, 2.05) is 6.08 Å². The van der Waals surface area contributed by atoms with Gasteiger partial charge in [-0.3, -0.25) is 4.79 Å². The van der Waals surface area contributed by atoms with Crippen LogP contribution in [0.1, 0.15) is 187 Å². The van der Waals surface area contributed by atoms with Crippen molar-refractivity contribution < 1.29 is 39.8 Å². The molecule has 54 heavy (non-hydrogen) atoms. The predicted molar refractivity (Wildman–Crippen MR) is 221 cm³/mol. The molecule has 7 atom stereocenters.